The molecule has 1 atom stereocenters. The van der Waals surface area contributed by atoms with Gasteiger partial charge in [-0.05, 0) is 67.1 Å². The lowest BCUT2D eigenvalue weighted by atomic mass is 10.0. The normalized spacial score (nSPS) is 15.0. The van der Waals surface area contributed by atoms with Crippen molar-refractivity contribution in [2.24, 2.45) is 18.0 Å². The predicted molar refractivity (Wildman–Crippen MR) is 121 cm³/mol. The van der Waals surface area contributed by atoms with Gasteiger partial charge in [-0.25, -0.2) is 4.79 Å². The predicted octanol–water partition coefficient (Wildman–Crippen LogP) is 3.94. The van der Waals surface area contributed by atoms with Gasteiger partial charge in [0, 0.05) is 31.2 Å². The molecule has 190 valence electrons. The molecule has 1 unspecified atom stereocenters. The molecule has 2 N–H and O–H groups in total. The largest absolute Gasteiger partial charge is 0.573 e. The summed E-state index contributed by atoms with van der Waals surface area (Å²) in [6.45, 7) is 1.86. The second-order valence-electron chi connectivity index (χ2n) is 8.69. The molecule has 0 spiro atoms. The lowest BCUT2D eigenvalue weighted by Gasteiger charge is -2.19. The fourth-order valence-electron chi connectivity index (χ4n) is 3.96. The van der Waals surface area contributed by atoms with Crippen LogP contribution in [0, 0.1) is 12.8 Å². The average Bonchev–Trinajstić information content (AvgIpc) is 3.57. The molecule has 3 aromatic rings. The summed E-state index contributed by atoms with van der Waals surface area (Å²) in [5.41, 5.74) is 1.99. The van der Waals surface area contributed by atoms with E-state index in [-0.39, 0.29) is 35.2 Å². The molecule has 2 amide bonds. The first-order valence-corrected chi connectivity index (χ1v) is 11.1. The van der Waals surface area contributed by atoms with Crippen LogP contribution in [-0.4, -0.2) is 37.6 Å². The zero-order chi connectivity index (χ0) is 26.0. The zero-order valence-corrected chi connectivity index (χ0v) is 19.5. The average molecular weight is 503 g/mol. The number of carbonyl (C=O) groups excluding carboxylic acids is 1. The van der Waals surface area contributed by atoms with E-state index >= 15 is 0 Å². The molecule has 2 heterocycles. The number of halogens is 3. The summed E-state index contributed by atoms with van der Waals surface area (Å²) in [4.78, 5) is 32.2. The molecule has 4 rings (SSSR count). The van der Waals surface area contributed by atoms with Crippen molar-refractivity contribution in [3.05, 3.63) is 76.9 Å². The van der Waals surface area contributed by atoms with Crippen LogP contribution in [0.25, 0.3) is 0 Å². The second kappa shape index (κ2) is 9.88. The first-order valence-electron chi connectivity index (χ1n) is 11.1. The number of ether oxygens (including phenoxy) is 1. The van der Waals surface area contributed by atoms with E-state index in [1.165, 1.54) is 21.4 Å². The number of nitrogens with one attached hydrogen (secondary N) is 1. The number of carbonyl (C=O) groups is 2. The third-order valence-electron chi connectivity index (χ3n) is 5.69. The number of hydrogen-bond donors (Lipinski definition) is 2. The molecule has 12 heteroatoms. The van der Waals surface area contributed by atoms with E-state index in [1.54, 1.807) is 19.4 Å². The van der Waals surface area contributed by atoms with Crippen LogP contribution in [0.3, 0.4) is 0 Å². The summed E-state index contributed by atoms with van der Waals surface area (Å²) in [7, 11) is 1.58. The molecule has 0 aliphatic heterocycles. The lowest BCUT2D eigenvalue weighted by molar-refractivity contribution is -0.274. The summed E-state index contributed by atoms with van der Waals surface area (Å²) in [6, 6.07) is 6.95. The van der Waals surface area contributed by atoms with Gasteiger partial charge in [0.1, 0.15) is 5.75 Å². The number of nitrogens with zero attached hydrogens (tertiary/aromatic N) is 4. The molecule has 1 fully saturated rings. The molecule has 1 aliphatic carbocycles. The maximum atomic E-state index is 13.2. The third kappa shape index (κ3) is 6.32. The van der Waals surface area contributed by atoms with Gasteiger partial charge in [-0.2, -0.15) is 0 Å². The van der Waals surface area contributed by atoms with Gasteiger partial charge < -0.3 is 24.3 Å². The first kappa shape index (κ1) is 25.0. The summed E-state index contributed by atoms with van der Waals surface area (Å²) in [5, 5.41) is 12.0. The van der Waals surface area contributed by atoms with Crippen molar-refractivity contribution in [1.82, 2.24) is 19.4 Å². The summed E-state index contributed by atoms with van der Waals surface area (Å²) >= 11 is 0. The topological polar surface area (TPSA) is 111 Å². The van der Waals surface area contributed by atoms with Gasteiger partial charge >= 0.3 is 12.5 Å². The van der Waals surface area contributed by atoms with Gasteiger partial charge in [0.15, 0.2) is 0 Å². The number of imidazole rings is 1. The highest BCUT2D eigenvalue weighted by molar-refractivity contribution is 5.95. The van der Waals surface area contributed by atoms with Crippen molar-refractivity contribution in [1.29, 1.82) is 0 Å². The number of pyridine rings is 1. The van der Waals surface area contributed by atoms with E-state index in [2.05, 4.69) is 20.0 Å². The summed E-state index contributed by atoms with van der Waals surface area (Å²) in [5.74, 6) is -0.940. The zero-order valence-electron chi connectivity index (χ0n) is 19.5. The lowest BCUT2D eigenvalue weighted by Crippen LogP contribution is -2.31. The Bertz CT molecular complexity index is 1360. The number of aryl methyl sites for hydroxylation is 2. The Labute approximate surface area is 203 Å². The van der Waals surface area contributed by atoms with Crippen molar-refractivity contribution in [3.63, 3.8) is 0 Å². The maximum Gasteiger partial charge on any atom is 0.573 e. The van der Waals surface area contributed by atoms with Gasteiger partial charge in [-0.1, -0.05) is 0 Å². The Morgan fingerprint density at radius 2 is 2.00 bits per heavy atom. The highest BCUT2D eigenvalue weighted by Gasteiger charge is 2.35. The molecule has 1 aliphatic rings. The van der Waals surface area contributed by atoms with Crippen LogP contribution < -0.4 is 15.7 Å². The highest BCUT2D eigenvalue weighted by Crippen LogP contribution is 2.40. The Hall–Kier alpha value is -4.09. The first-order chi connectivity index (χ1) is 17.0. The van der Waals surface area contributed by atoms with Gasteiger partial charge in [0.25, 0.3) is 5.91 Å². The molecule has 0 saturated heterocycles. The highest BCUT2D eigenvalue weighted by atomic mass is 19.4. The molecule has 0 radical (unpaired) electrons. The van der Waals surface area contributed by atoms with Gasteiger partial charge in [-0.15, -0.1) is 18.2 Å². The minimum atomic E-state index is -4.96. The Morgan fingerprint density at radius 1 is 1.25 bits per heavy atom. The van der Waals surface area contributed by atoms with Crippen molar-refractivity contribution >= 4 is 12.0 Å². The summed E-state index contributed by atoms with van der Waals surface area (Å²) < 4.78 is 46.0. The molecular weight excluding hydrogens is 479 g/mol. The number of carboxylic acid groups (broad SMARTS) is 1. The van der Waals surface area contributed by atoms with Crippen LogP contribution in [0.1, 0.15) is 46.1 Å². The standard InChI is InChI=1S/C24H24F3N5O4/c1-14-5-6-28-19(9-14)20(16-3-4-16)29-21(33)17-10-15(11-18(12-17)36-24(25,26)27)13-32-8-7-31(2)22(32)30-23(34)35/h5-12,16,20H,3-4,13H2,1-2H3,(H,29,33)(H,34,35)/b30-22+. The van der Waals surface area contributed by atoms with E-state index in [0.717, 1.165) is 30.5 Å². The molecule has 0 bridgehead atoms. The van der Waals surface area contributed by atoms with E-state index in [4.69, 9.17) is 5.11 Å². The van der Waals surface area contributed by atoms with Crippen molar-refractivity contribution in [2.45, 2.75) is 38.7 Å². The number of rotatable bonds is 7. The number of benzene rings is 1. The van der Waals surface area contributed by atoms with E-state index < -0.39 is 24.1 Å². The number of alkyl halides is 3. The Morgan fingerprint density at radius 3 is 2.64 bits per heavy atom. The van der Waals surface area contributed by atoms with Crippen molar-refractivity contribution in [2.75, 3.05) is 0 Å². The van der Waals surface area contributed by atoms with Gasteiger partial charge in [0.05, 0.1) is 18.3 Å². The van der Waals surface area contributed by atoms with Gasteiger partial charge in [0.2, 0.25) is 5.62 Å². The Kier molecular flexibility index (Phi) is 6.86. The van der Waals surface area contributed by atoms with Crippen LogP contribution >= 0.6 is 0 Å². The molecule has 1 aromatic carbocycles. The monoisotopic (exact) mass is 503 g/mol. The number of hydrogen-bond acceptors (Lipinski definition) is 4. The minimum Gasteiger partial charge on any atom is -0.463 e. The van der Waals surface area contributed by atoms with Crippen LogP contribution in [0.15, 0.2) is 53.9 Å². The number of amides is 2. The summed E-state index contributed by atoms with van der Waals surface area (Å²) in [6.07, 6.45) is 0.173. The van der Waals surface area contributed by atoms with E-state index in [0.29, 0.717) is 5.69 Å². The van der Waals surface area contributed by atoms with E-state index in [9.17, 15) is 22.8 Å². The molecule has 36 heavy (non-hydrogen) atoms. The smallest absolute Gasteiger partial charge is 0.463 e. The van der Waals surface area contributed by atoms with E-state index in [1.807, 2.05) is 19.1 Å². The fraction of sp³-hybridized carbons (Fsp3) is 0.333. The van der Waals surface area contributed by atoms with Crippen molar-refractivity contribution in [3.8, 4) is 5.75 Å². The number of aromatic nitrogens is 3. The molecule has 9 nitrogen and oxygen atoms in total. The van der Waals surface area contributed by atoms with Crippen molar-refractivity contribution < 1.29 is 32.6 Å². The van der Waals surface area contributed by atoms with Gasteiger partial charge in [-0.3, -0.25) is 9.78 Å². The van der Waals surface area contributed by atoms with Crippen LogP contribution in [0.4, 0.5) is 18.0 Å². The van der Waals surface area contributed by atoms with Crippen LogP contribution in [-0.2, 0) is 13.6 Å². The molecule has 2 aromatic heterocycles. The third-order valence-corrected chi connectivity index (χ3v) is 5.69. The Balaban J connectivity index is 1.67. The fourth-order valence-corrected chi connectivity index (χ4v) is 3.96. The van der Waals surface area contributed by atoms with Crippen LogP contribution in [0.2, 0.25) is 0 Å². The minimum absolute atomic E-state index is 0.0293. The van der Waals surface area contributed by atoms with Crippen LogP contribution in [0.5, 0.6) is 5.75 Å². The maximum absolute atomic E-state index is 13.2. The quantitative estimate of drug-likeness (QED) is 0.508. The molecular formula is C24H24F3N5O4. The second-order valence-corrected chi connectivity index (χ2v) is 8.69. The molecule has 1 saturated carbocycles. The SMILES string of the molecule is Cc1ccnc(C(NC(=O)c2cc(Cn3ccn(C)/c3=N\C(=O)O)cc(OC(F)(F)F)c2)C2CC2)c1.